The smallest absolute Gasteiger partial charge is 0.180 e. The molecule has 1 aliphatic rings. The van der Waals surface area contributed by atoms with Gasteiger partial charge < -0.3 is 0 Å². The molecule has 4 heteroatoms. The first-order valence-electron chi connectivity index (χ1n) is 5.78. The van der Waals surface area contributed by atoms with Gasteiger partial charge in [-0.05, 0) is 43.5 Å². The SMILES string of the molecule is CC(C)S(=O)(=O)c1ccc2c(c1)CCC(=O)C2. The van der Waals surface area contributed by atoms with Gasteiger partial charge in [0.25, 0.3) is 0 Å². The molecule has 0 atom stereocenters. The van der Waals surface area contributed by atoms with Crippen molar-refractivity contribution in [2.75, 3.05) is 0 Å². The van der Waals surface area contributed by atoms with Crippen LogP contribution < -0.4 is 0 Å². The van der Waals surface area contributed by atoms with Crippen molar-refractivity contribution < 1.29 is 13.2 Å². The molecule has 0 fully saturated rings. The molecule has 1 aromatic rings. The molecule has 92 valence electrons. The molecule has 17 heavy (non-hydrogen) atoms. The molecule has 0 spiro atoms. The van der Waals surface area contributed by atoms with E-state index in [-0.39, 0.29) is 5.78 Å². The lowest BCUT2D eigenvalue weighted by molar-refractivity contribution is -0.118. The fourth-order valence-electron chi connectivity index (χ4n) is 2.03. The van der Waals surface area contributed by atoms with Crippen molar-refractivity contribution in [2.45, 2.75) is 43.3 Å². The van der Waals surface area contributed by atoms with Gasteiger partial charge in [-0.25, -0.2) is 8.42 Å². The topological polar surface area (TPSA) is 51.2 Å². The number of aryl methyl sites for hydroxylation is 1. The summed E-state index contributed by atoms with van der Waals surface area (Å²) in [4.78, 5) is 11.7. The van der Waals surface area contributed by atoms with Crippen LogP contribution in [0.5, 0.6) is 0 Å². The molecule has 0 aromatic heterocycles. The first kappa shape index (κ1) is 12.3. The highest BCUT2D eigenvalue weighted by Crippen LogP contribution is 2.24. The Morgan fingerprint density at radius 1 is 1.12 bits per heavy atom. The number of hydrogen-bond donors (Lipinski definition) is 0. The summed E-state index contributed by atoms with van der Waals surface area (Å²) < 4.78 is 24.0. The van der Waals surface area contributed by atoms with Crippen LogP contribution in [0, 0.1) is 0 Å². The predicted octanol–water partition coefficient (Wildman–Crippen LogP) is 1.93. The lowest BCUT2D eigenvalue weighted by Crippen LogP contribution is -2.17. The molecule has 3 nitrogen and oxygen atoms in total. The highest BCUT2D eigenvalue weighted by Gasteiger charge is 2.22. The molecular formula is C13H16O3S. The maximum atomic E-state index is 12.0. The number of hydrogen-bond acceptors (Lipinski definition) is 3. The molecule has 0 heterocycles. The lowest BCUT2D eigenvalue weighted by atomic mass is 9.91. The number of carbonyl (C=O) groups is 1. The van der Waals surface area contributed by atoms with Crippen molar-refractivity contribution in [3.63, 3.8) is 0 Å². The van der Waals surface area contributed by atoms with Crippen LogP contribution in [0.1, 0.15) is 31.4 Å². The number of benzene rings is 1. The van der Waals surface area contributed by atoms with Gasteiger partial charge in [-0.2, -0.15) is 0 Å². The molecule has 0 amide bonds. The second kappa shape index (κ2) is 4.26. The minimum atomic E-state index is -3.21. The quantitative estimate of drug-likeness (QED) is 0.808. The van der Waals surface area contributed by atoms with Crippen LogP contribution in [0.3, 0.4) is 0 Å². The zero-order chi connectivity index (χ0) is 12.6. The molecule has 0 aliphatic heterocycles. The predicted molar refractivity (Wildman–Crippen MR) is 65.8 cm³/mol. The van der Waals surface area contributed by atoms with Crippen LogP contribution in [-0.2, 0) is 27.5 Å². The monoisotopic (exact) mass is 252 g/mol. The van der Waals surface area contributed by atoms with Crippen molar-refractivity contribution in [2.24, 2.45) is 0 Å². The van der Waals surface area contributed by atoms with Crippen molar-refractivity contribution in [3.05, 3.63) is 29.3 Å². The summed E-state index contributed by atoms with van der Waals surface area (Å²) in [7, 11) is -3.21. The maximum absolute atomic E-state index is 12.0. The number of fused-ring (bicyclic) bond motifs is 1. The van der Waals surface area contributed by atoms with Crippen LogP contribution in [0.2, 0.25) is 0 Å². The summed E-state index contributed by atoms with van der Waals surface area (Å²) in [5, 5.41) is -0.411. The number of sulfone groups is 1. The molecule has 1 aromatic carbocycles. The number of ketones is 1. The molecule has 0 radical (unpaired) electrons. The van der Waals surface area contributed by atoms with Crippen LogP contribution in [0.4, 0.5) is 0 Å². The number of Topliss-reactive ketones (excluding diaryl/α,β-unsaturated/α-hetero) is 1. The first-order chi connectivity index (χ1) is 7.91. The van der Waals surface area contributed by atoms with Gasteiger partial charge in [0, 0.05) is 12.8 Å². The Labute approximate surface area is 102 Å². The zero-order valence-corrected chi connectivity index (χ0v) is 10.9. The highest BCUT2D eigenvalue weighted by molar-refractivity contribution is 7.92. The normalized spacial score (nSPS) is 16.1. The fourth-order valence-corrected chi connectivity index (χ4v) is 3.14. The molecule has 0 unspecified atom stereocenters. The van der Waals surface area contributed by atoms with Crippen LogP contribution in [0.25, 0.3) is 0 Å². The number of rotatable bonds is 2. The average molecular weight is 252 g/mol. The van der Waals surface area contributed by atoms with E-state index in [0.29, 0.717) is 24.2 Å². The van der Waals surface area contributed by atoms with Crippen LogP contribution in [-0.4, -0.2) is 19.5 Å². The van der Waals surface area contributed by atoms with Crippen LogP contribution >= 0.6 is 0 Å². The molecule has 2 rings (SSSR count). The van der Waals surface area contributed by atoms with E-state index in [1.165, 1.54) is 0 Å². The van der Waals surface area contributed by atoms with E-state index >= 15 is 0 Å². The Kier molecular flexibility index (Phi) is 3.08. The van der Waals surface area contributed by atoms with E-state index in [1.54, 1.807) is 32.0 Å². The number of carbonyl (C=O) groups excluding carboxylic acids is 1. The van der Waals surface area contributed by atoms with E-state index in [9.17, 15) is 13.2 Å². The Morgan fingerprint density at radius 3 is 2.47 bits per heavy atom. The first-order valence-corrected chi connectivity index (χ1v) is 7.33. The van der Waals surface area contributed by atoms with Gasteiger partial charge in [0.1, 0.15) is 5.78 Å². The standard InChI is InChI=1S/C13H16O3S/c1-9(2)17(15,16)13-6-4-10-7-12(14)5-3-11(10)8-13/h4,6,8-9H,3,5,7H2,1-2H3. The van der Waals surface area contributed by atoms with Gasteiger partial charge in [0.05, 0.1) is 10.1 Å². The minimum absolute atomic E-state index is 0.233. The molecule has 0 saturated carbocycles. The Bertz CT molecular complexity index is 556. The largest absolute Gasteiger partial charge is 0.299 e. The van der Waals surface area contributed by atoms with E-state index in [4.69, 9.17) is 0 Å². The van der Waals surface area contributed by atoms with Gasteiger partial charge in [-0.15, -0.1) is 0 Å². The Morgan fingerprint density at radius 2 is 1.82 bits per heavy atom. The Hall–Kier alpha value is -1.16. The third-order valence-electron chi connectivity index (χ3n) is 3.19. The van der Waals surface area contributed by atoms with Gasteiger partial charge in [0.2, 0.25) is 0 Å². The molecule has 0 N–H and O–H groups in total. The summed E-state index contributed by atoms with van der Waals surface area (Å²) in [5.74, 6) is 0.233. The molecule has 1 aliphatic carbocycles. The minimum Gasteiger partial charge on any atom is -0.299 e. The summed E-state index contributed by atoms with van der Waals surface area (Å²) in [5.41, 5.74) is 1.98. The van der Waals surface area contributed by atoms with Gasteiger partial charge in [-0.1, -0.05) is 6.07 Å². The van der Waals surface area contributed by atoms with Crippen LogP contribution in [0.15, 0.2) is 23.1 Å². The van der Waals surface area contributed by atoms with Gasteiger partial charge in [-0.3, -0.25) is 4.79 Å². The lowest BCUT2D eigenvalue weighted by Gasteiger charge is -2.16. The summed E-state index contributed by atoms with van der Waals surface area (Å²) in [6, 6.07) is 5.13. The summed E-state index contributed by atoms with van der Waals surface area (Å²) >= 11 is 0. The highest BCUT2D eigenvalue weighted by atomic mass is 32.2. The molecule has 0 saturated heterocycles. The third kappa shape index (κ3) is 2.27. The maximum Gasteiger partial charge on any atom is 0.180 e. The van der Waals surface area contributed by atoms with Crippen molar-refractivity contribution in [1.29, 1.82) is 0 Å². The van der Waals surface area contributed by atoms with E-state index in [0.717, 1.165) is 11.1 Å². The zero-order valence-electron chi connectivity index (χ0n) is 10.1. The fraction of sp³-hybridized carbons (Fsp3) is 0.462. The second-order valence-corrected chi connectivity index (χ2v) is 7.24. The van der Waals surface area contributed by atoms with E-state index in [2.05, 4.69) is 0 Å². The molecular weight excluding hydrogens is 236 g/mol. The Balaban J connectivity index is 2.45. The van der Waals surface area contributed by atoms with Crippen molar-refractivity contribution in [1.82, 2.24) is 0 Å². The van der Waals surface area contributed by atoms with Gasteiger partial charge in [0.15, 0.2) is 9.84 Å². The second-order valence-electron chi connectivity index (χ2n) is 4.74. The molecule has 0 bridgehead atoms. The van der Waals surface area contributed by atoms with E-state index in [1.807, 2.05) is 0 Å². The third-order valence-corrected chi connectivity index (χ3v) is 5.34. The summed E-state index contributed by atoms with van der Waals surface area (Å²) in [6.45, 7) is 3.36. The van der Waals surface area contributed by atoms with E-state index < -0.39 is 15.1 Å². The van der Waals surface area contributed by atoms with Gasteiger partial charge >= 0.3 is 0 Å². The summed E-state index contributed by atoms with van der Waals surface area (Å²) in [6.07, 6.45) is 1.63. The van der Waals surface area contributed by atoms with Crippen molar-refractivity contribution in [3.8, 4) is 0 Å². The average Bonchev–Trinajstić information content (AvgIpc) is 2.28. The van der Waals surface area contributed by atoms with Crippen molar-refractivity contribution >= 4 is 15.6 Å².